The van der Waals surface area contributed by atoms with E-state index in [0.29, 0.717) is 0 Å². The summed E-state index contributed by atoms with van der Waals surface area (Å²) in [5.41, 5.74) is 6.19. The Bertz CT molecular complexity index is 1670. The fourth-order valence-corrected chi connectivity index (χ4v) is 4.09. The van der Waals surface area contributed by atoms with E-state index in [1.54, 1.807) is 12.4 Å². The van der Waals surface area contributed by atoms with Gasteiger partial charge in [0.15, 0.2) is 0 Å². The lowest BCUT2D eigenvalue weighted by molar-refractivity contribution is 1.22. The molecule has 6 aromatic rings. The zero-order chi connectivity index (χ0) is 20.8. The third-order valence-corrected chi connectivity index (χ3v) is 5.74. The molecule has 31 heavy (non-hydrogen) atoms. The van der Waals surface area contributed by atoms with E-state index in [-0.39, 0.29) is 5.56 Å². The topological polar surface area (TPSA) is 58.6 Å². The van der Waals surface area contributed by atoms with Crippen LogP contribution >= 0.6 is 0 Å². The van der Waals surface area contributed by atoms with Crippen LogP contribution in [-0.2, 0) is 0 Å². The summed E-state index contributed by atoms with van der Waals surface area (Å²) < 4.78 is 0. The molecule has 6 rings (SSSR count). The molecule has 0 aliphatic heterocycles. The molecular formula is C27H17N3O. The van der Waals surface area contributed by atoms with Gasteiger partial charge in [-0.15, -0.1) is 0 Å². The molecule has 0 atom stereocenters. The van der Waals surface area contributed by atoms with Crippen LogP contribution in [0.25, 0.3) is 54.8 Å². The van der Waals surface area contributed by atoms with Gasteiger partial charge in [0.05, 0.1) is 5.52 Å². The molecule has 1 N–H and O–H groups in total. The molecule has 0 radical (unpaired) electrons. The van der Waals surface area contributed by atoms with Gasteiger partial charge in [-0.1, -0.05) is 48.5 Å². The number of pyridine rings is 1. The lowest BCUT2D eigenvalue weighted by Crippen LogP contribution is -2.02. The Morgan fingerprint density at radius 3 is 1.90 bits per heavy atom. The summed E-state index contributed by atoms with van der Waals surface area (Å²) >= 11 is 0. The monoisotopic (exact) mass is 399 g/mol. The van der Waals surface area contributed by atoms with E-state index in [0.717, 1.165) is 44.1 Å². The van der Waals surface area contributed by atoms with Crippen LogP contribution < -0.4 is 5.56 Å². The second-order valence-corrected chi connectivity index (χ2v) is 7.70. The maximum Gasteiger partial charge on any atom is 0.248 e. The third kappa shape index (κ3) is 3.15. The number of aromatic amines is 1. The summed E-state index contributed by atoms with van der Waals surface area (Å²) in [5, 5.41) is 4.41. The largest absolute Gasteiger partial charge is 0.322 e. The SMILES string of the molecule is O=c1ccc2ccc(-c3ccc4cc(-c5ccc6cncnc6c5)ccc4c3)cc2[nH]1. The molecule has 2 aromatic heterocycles. The van der Waals surface area contributed by atoms with Crippen molar-refractivity contribution >= 4 is 32.6 Å². The highest BCUT2D eigenvalue weighted by molar-refractivity contribution is 5.93. The lowest BCUT2D eigenvalue weighted by Gasteiger charge is -2.08. The van der Waals surface area contributed by atoms with E-state index in [9.17, 15) is 4.79 Å². The van der Waals surface area contributed by atoms with Gasteiger partial charge in [-0.3, -0.25) is 4.79 Å². The van der Waals surface area contributed by atoms with Gasteiger partial charge in [-0.05, 0) is 68.7 Å². The quantitative estimate of drug-likeness (QED) is 0.391. The Balaban J connectivity index is 1.41. The van der Waals surface area contributed by atoms with Crippen LogP contribution in [0.4, 0.5) is 0 Å². The molecule has 0 aliphatic rings. The summed E-state index contributed by atoms with van der Waals surface area (Å²) in [6.45, 7) is 0. The molecule has 2 heterocycles. The van der Waals surface area contributed by atoms with Crippen LogP contribution in [0.15, 0.2) is 102 Å². The molecule has 4 aromatic carbocycles. The highest BCUT2D eigenvalue weighted by Crippen LogP contribution is 2.30. The van der Waals surface area contributed by atoms with Crippen LogP contribution in [0, 0.1) is 0 Å². The van der Waals surface area contributed by atoms with Crippen molar-refractivity contribution in [1.82, 2.24) is 15.0 Å². The van der Waals surface area contributed by atoms with Gasteiger partial charge >= 0.3 is 0 Å². The average Bonchev–Trinajstić information content (AvgIpc) is 2.82. The lowest BCUT2D eigenvalue weighted by atomic mass is 9.97. The molecule has 0 saturated heterocycles. The molecule has 0 unspecified atom stereocenters. The molecular weight excluding hydrogens is 382 g/mol. The Hall–Kier alpha value is -4.31. The molecule has 0 fully saturated rings. The van der Waals surface area contributed by atoms with Crippen molar-refractivity contribution in [2.75, 3.05) is 0 Å². The van der Waals surface area contributed by atoms with Crippen molar-refractivity contribution in [3.8, 4) is 22.3 Å². The van der Waals surface area contributed by atoms with Crippen molar-refractivity contribution in [3.63, 3.8) is 0 Å². The minimum atomic E-state index is -0.0872. The van der Waals surface area contributed by atoms with Crippen molar-refractivity contribution in [3.05, 3.63) is 108 Å². The van der Waals surface area contributed by atoms with E-state index in [4.69, 9.17) is 0 Å². The first-order valence-electron chi connectivity index (χ1n) is 10.1. The first kappa shape index (κ1) is 17.5. The van der Waals surface area contributed by atoms with Gasteiger partial charge in [0.25, 0.3) is 0 Å². The maximum absolute atomic E-state index is 11.7. The van der Waals surface area contributed by atoms with E-state index in [2.05, 4.69) is 75.6 Å². The number of fused-ring (bicyclic) bond motifs is 3. The Morgan fingerprint density at radius 2 is 1.16 bits per heavy atom. The predicted molar refractivity (Wildman–Crippen MR) is 126 cm³/mol. The summed E-state index contributed by atoms with van der Waals surface area (Å²) in [6, 6.07) is 28.8. The van der Waals surface area contributed by atoms with Crippen molar-refractivity contribution in [1.29, 1.82) is 0 Å². The smallest absolute Gasteiger partial charge is 0.248 e. The number of benzene rings is 4. The number of hydrogen-bond donors (Lipinski definition) is 1. The first-order chi connectivity index (χ1) is 15.2. The van der Waals surface area contributed by atoms with Gasteiger partial charge in [0, 0.05) is 23.2 Å². The van der Waals surface area contributed by atoms with Crippen molar-refractivity contribution in [2.24, 2.45) is 0 Å². The van der Waals surface area contributed by atoms with E-state index in [1.165, 1.54) is 10.8 Å². The highest BCUT2D eigenvalue weighted by atomic mass is 16.1. The molecule has 0 aliphatic carbocycles. The standard InChI is InChI=1S/C27H17N3O/c31-27-10-9-17-1-2-23(14-26(17)30-27)21-6-4-18-11-20(5-3-19(18)12-21)22-7-8-24-15-28-16-29-25(24)13-22/h1-16H,(H,30,31). The normalized spacial score (nSPS) is 11.4. The van der Waals surface area contributed by atoms with Gasteiger partial charge < -0.3 is 4.98 Å². The summed E-state index contributed by atoms with van der Waals surface area (Å²) in [7, 11) is 0. The fourth-order valence-electron chi connectivity index (χ4n) is 4.09. The second kappa shape index (κ2) is 6.89. The molecule has 4 nitrogen and oxygen atoms in total. The Kier molecular flexibility index (Phi) is 3.90. The van der Waals surface area contributed by atoms with Crippen LogP contribution in [0.2, 0.25) is 0 Å². The third-order valence-electron chi connectivity index (χ3n) is 5.74. The van der Waals surface area contributed by atoms with Crippen LogP contribution in [0.1, 0.15) is 0 Å². The Labute approximate surface area is 177 Å². The minimum absolute atomic E-state index is 0.0872. The molecule has 4 heteroatoms. The van der Waals surface area contributed by atoms with E-state index in [1.807, 2.05) is 24.4 Å². The highest BCUT2D eigenvalue weighted by Gasteiger charge is 2.05. The van der Waals surface area contributed by atoms with Crippen LogP contribution in [0.5, 0.6) is 0 Å². The van der Waals surface area contributed by atoms with Crippen LogP contribution in [-0.4, -0.2) is 15.0 Å². The summed E-state index contributed by atoms with van der Waals surface area (Å²) in [5.74, 6) is 0. The molecule has 0 bridgehead atoms. The van der Waals surface area contributed by atoms with Crippen molar-refractivity contribution in [2.45, 2.75) is 0 Å². The second-order valence-electron chi connectivity index (χ2n) is 7.70. The number of hydrogen-bond acceptors (Lipinski definition) is 3. The summed E-state index contributed by atoms with van der Waals surface area (Å²) in [4.78, 5) is 23.0. The number of aromatic nitrogens is 3. The maximum atomic E-state index is 11.7. The van der Waals surface area contributed by atoms with Gasteiger partial charge in [0.1, 0.15) is 6.33 Å². The Morgan fingerprint density at radius 1 is 0.581 bits per heavy atom. The average molecular weight is 399 g/mol. The number of rotatable bonds is 2. The predicted octanol–water partition coefficient (Wildman–Crippen LogP) is 5.96. The number of H-pyrrole nitrogens is 1. The van der Waals surface area contributed by atoms with Gasteiger partial charge in [-0.25, -0.2) is 9.97 Å². The minimum Gasteiger partial charge on any atom is -0.322 e. The first-order valence-corrected chi connectivity index (χ1v) is 10.1. The van der Waals surface area contributed by atoms with Gasteiger partial charge in [-0.2, -0.15) is 0 Å². The molecule has 0 saturated carbocycles. The van der Waals surface area contributed by atoms with Gasteiger partial charge in [0.2, 0.25) is 5.56 Å². The van der Waals surface area contributed by atoms with Crippen molar-refractivity contribution < 1.29 is 0 Å². The van der Waals surface area contributed by atoms with E-state index < -0.39 is 0 Å². The molecule has 0 amide bonds. The zero-order valence-electron chi connectivity index (χ0n) is 16.5. The van der Waals surface area contributed by atoms with Crippen LogP contribution in [0.3, 0.4) is 0 Å². The number of nitrogens with one attached hydrogen (secondary N) is 1. The molecule has 0 spiro atoms. The molecule has 146 valence electrons. The number of nitrogens with zero attached hydrogens (tertiary/aromatic N) is 2. The fraction of sp³-hybridized carbons (Fsp3) is 0. The summed E-state index contributed by atoms with van der Waals surface area (Å²) in [6.07, 6.45) is 3.41. The van der Waals surface area contributed by atoms with E-state index >= 15 is 0 Å². The zero-order valence-corrected chi connectivity index (χ0v) is 16.5.